The molecule has 3 heterocycles. The molecule has 2 aromatic rings. The molecular formula is C16H19N6O9PS. The summed E-state index contributed by atoms with van der Waals surface area (Å²) in [5, 5.41) is 26.6. The molecule has 6 N–H and O–H groups in total. The van der Waals surface area contributed by atoms with Crippen LogP contribution in [-0.2, 0) is 30.1 Å². The number of nitrogen functional groups attached to an aromatic ring is 1. The Hall–Kier alpha value is -3.46. The van der Waals surface area contributed by atoms with Crippen LogP contribution < -0.4 is 16.5 Å². The zero-order chi connectivity index (χ0) is 24.5. The number of hydrogen-bond donors (Lipinski definition) is 5. The molecule has 1 aliphatic heterocycles. The van der Waals surface area contributed by atoms with E-state index in [2.05, 4.69) is 20.0 Å². The maximum atomic E-state index is 12.8. The first-order valence-corrected chi connectivity index (χ1v) is 11.4. The van der Waals surface area contributed by atoms with Crippen molar-refractivity contribution in [1.29, 1.82) is 0 Å². The fourth-order valence-electron chi connectivity index (χ4n) is 2.87. The predicted molar refractivity (Wildman–Crippen MR) is 112 cm³/mol. The molecule has 2 aromatic heterocycles. The van der Waals surface area contributed by atoms with Gasteiger partial charge in [0.2, 0.25) is 5.43 Å². The predicted octanol–water partition coefficient (Wildman–Crippen LogP) is -0.787. The number of nitrogens with one attached hydrogen (secondary N) is 1. The molecule has 1 aliphatic rings. The topological polar surface area (TPSA) is 219 Å². The Kier molecular flexibility index (Phi) is 6.73. The Labute approximate surface area is 189 Å². The van der Waals surface area contributed by atoms with Crippen molar-refractivity contribution in [2.24, 2.45) is 5.16 Å². The van der Waals surface area contributed by atoms with E-state index in [0.717, 1.165) is 30.7 Å². The van der Waals surface area contributed by atoms with Gasteiger partial charge in [-0.1, -0.05) is 5.16 Å². The lowest BCUT2D eigenvalue weighted by Crippen LogP contribution is -2.68. The average Bonchev–Trinajstić information content (AvgIpc) is 3.18. The number of thiazole rings is 1. The molecule has 0 spiro atoms. The average molecular weight is 502 g/mol. The largest absolute Gasteiger partial charge is 0.503 e. The lowest BCUT2D eigenvalue weighted by molar-refractivity contribution is -0.145. The summed E-state index contributed by atoms with van der Waals surface area (Å²) in [6.45, 7) is 0.963. The van der Waals surface area contributed by atoms with Gasteiger partial charge in [0.05, 0.1) is 12.2 Å². The number of aromatic hydroxyl groups is 1. The van der Waals surface area contributed by atoms with Gasteiger partial charge in [0, 0.05) is 18.6 Å². The molecule has 1 unspecified atom stereocenters. The fraction of sp³-hybridized carbons (Fsp3) is 0.312. The molecule has 178 valence electrons. The van der Waals surface area contributed by atoms with Crippen LogP contribution in [0.2, 0.25) is 0 Å². The van der Waals surface area contributed by atoms with Gasteiger partial charge in [-0.3, -0.25) is 18.9 Å². The van der Waals surface area contributed by atoms with E-state index in [0.29, 0.717) is 9.40 Å². The second-order valence-electron chi connectivity index (χ2n) is 6.69. The number of aromatic nitrogens is 2. The Balaban J connectivity index is 1.78. The van der Waals surface area contributed by atoms with E-state index >= 15 is 0 Å². The lowest BCUT2D eigenvalue weighted by Gasteiger charge is -2.45. The van der Waals surface area contributed by atoms with Crippen LogP contribution in [0.15, 0.2) is 27.6 Å². The van der Waals surface area contributed by atoms with E-state index in [1.54, 1.807) is 0 Å². The summed E-state index contributed by atoms with van der Waals surface area (Å²) in [5.74, 6) is -2.42. The highest BCUT2D eigenvalue weighted by Gasteiger charge is 2.54. The van der Waals surface area contributed by atoms with E-state index < -0.39 is 49.4 Å². The molecule has 17 heteroatoms. The molecule has 0 aromatic carbocycles. The summed E-state index contributed by atoms with van der Waals surface area (Å²) in [4.78, 5) is 55.4. The summed E-state index contributed by atoms with van der Waals surface area (Å²) < 4.78 is 17.4. The van der Waals surface area contributed by atoms with E-state index in [-0.39, 0.29) is 22.2 Å². The molecule has 3 rings (SSSR count). The van der Waals surface area contributed by atoms with Crippen LogP contribution in [0.25, 0.3) is 0 Å². The van der Waals surface area contributed by atoms with Crippen LogP contribution in [0.1, 0.15) is 18.3 Å². The molecule has 15 nitrogen and oxygen atoms in total. The molecule has 1 saturated heterocycles. The summed E-state index contributed by atoms with van der Waals surface area (Å²) in [6.07, 6.45) is 0.759. The third kappa shape index (κ3) is 4.83. The van der Waals surface area contributed by atoms with Gasteiger partial charge in [-0.15, -0.1) is 11.3 Å². The van der Waals surface area contributed by atoms with Crippen molar-refractivity contribution >= 4 is 41.7 Å². The molecule has 0 bridgehead atoms. The van der Waals surface area contributed by atoms with Gasteiger partial charge in [-0.05, 0) is 6.92 Å². The summed E-state index contributed by atoms with van der Waals surface area (Å²) in [7, 11) is -3.36. The number of carbonyl (C=O) groups excluding carboxylic acids is 2. The lowest BCUT2D eigenvalue weighted by atomic mass is 10.0. The molecule has 2 amide bonds. The zero-order valence-corrected chi connectivity index (χ0v) is 18.8. The minimum Gasteiger partial charge on any atom is -0.503 e. The molecule has 3 atom stereocenters. The number of oxime groups is 1. The van der Waals surface area contributed by atoms with Crippen molar-refractivity contribution in [3.63, 3.8) is 0 Å². The highest BCUT2D eigenvalue weighted by atomic mass is 32.1. The van der Waals surface area contributed by atoms with Crippen molar-refractivity contribution in [3.8, 4) is 5.75 Å². The van der Waals surface area contributed by atoms with Crippen LogP contribution in [0, 0.1) is 0 Å². The fourth-order valence-corrected chi connectivity index (χ4v) is 4.56. The van der Waals surface area contributed by atoms with Crippen molar-refractivity contribution in [2.45, 2.75) is 25.6 Å². The maximum absolute atomic E-state index is 12.8. The highest BCUT2D eigenvalue weighted by molar-refractivity contribution is 7.51. The van der Waals surface area contributed by atoms with Crippen LogP contribution in [0.3, 0.4) is 0 Å². The van der Waals surface area contributed by atoms with E-state index in [9.17, 15) is 34.2 Å². The number of pyridine rings is 1. The summed E-state index contributed by atoms with van der Waals surface area (Å²) in [5.41, 5.74) is 4.38. The van der Waals surface area contributed by atoms with Gasteiger partial charge in [-0.2, -0.15) is 4.73 Å². The second kappa shape index (κ2) is 9.19. The summed E-state index contributed by atoms with van der Waals surface area (Å²) >= 11 is 1.01. The van der Waals surface area contributed by atoms with E-state index in [1.165, 1.54) is 12.3 Å². The number of β-lactam (4-membered cyclic amide) rings is 1. The van der Waals surface area contributed by atoms with Gasteiger partial charge in [0.25, 0.3) is 11.8 Å². The number of rotatable bonds is 8. The number of anilines is 1. The smallest absolute Gasteiger partial charge is 0.435 e. The molecular weight excluding hydrogens is 483 g/mol. The van der Waals surface area contributed by atoms with Gasteiger partial charge >= 0.3 is 7.75 Å². The minimum atomic E-state index is -4.33. The first kappa shape index (κ1) is 24.2. The van der Waals surface area contributed by atoms with Gasteiger partial charge in [-0.25, -0.2) is 14.2 Å². The second-order valence-corrected chi connectivity index (χ2v) is 9.36. The van der Waals surface area contributed by atoms with Crippen molar-refractivity contribution < 1.29 is 38.7 Å². The van der Waals surface area contributed by atoms with Crippen LogP contribution in [0.4, 0.5) is 5.13 Å². The normalized spacial score (nSPS) is 20.2. The first-order chi connectivity index (χ1) is 15.5. The monoisotopic (exact) mass is 502 g/mol. The van der Waals surface area contributed by atoms with Gasteiger partial charge in [0.15, 0.2) is 23.2 Å². The van der Waals surface area contributed by atoms with Gasteiger partial charge in [0.1, 0.15) is 17.4 Å². The molecule has 0 aliphatic carbocycles. The minimum absolute atomic E-state index is 0.0168. The highest BCUT2D eigenvalue weighted by Crippen LogP contribution is 2.51. The van der Waals surface area contributed by atoms with Crippen molar-refractivity contribution in [1.82, 2.24) is 19.7 Å². The number of nitrogens with zero attached hydrogens (tertiary/aromatic N) is 4. The SMILES string of the molecule is COP(=O)(O)N1C(=O)[C@@H](NC(=O)/C(=N\OCc2cc(=O)c(O)cn2O)c2csc(N)n2)[C@@H]1C. The number of nitrogens with two attached hydrogens (primary N) is 1. The van der Waals surface area contributed by atoms with E-state index in [4.69, 9.17) is 10.6 Å². The molecule has 33 heavy (non-hydrogen) atoms. The Morgan fingerprint density at radius 3 is 2.73 bits per heavy atom. The molecule has 0 radical (unpaired) electrons. The Morgan fingerprint density at radius 1 is 1.45 bits per heavy atom. The summed E-state index contributed by atoms with van der Waals surface area (Å²) in [6, 6.07) is -1.10. The molecule has 0 saturated carbocycles. The number of amides is 2. The Bertz CT molecular complexity index is 1230. The molecule has 1 fully saturated rings. The van der Waals surface area contributed by atoms with Crippen molar-refractivity contribution in [3.05, 3.63) is 39.3 Å². The van der Waals surface area contributed by atoms with Crippen molar-refractivity contribution in [2.75, 3.05) is 12.8 Å². The van der Waals surface area contributed by atoms with Crippen LogP contribution in [0.5, 0.6) is 5.75 Å². The first-order valence-electron chi connectivity index (χ1n) is 9.04. The van der Waals surface area contributed by atoms with Gasteiger partial charge < -0.3 is 31.1 Å². The van der Waals surface area contributed by atoms with E-state index in [1.807, 2.05) is 0 Å². The number of carbonyl (C=O) groups is 2. The Morgan fingerprint density at radius 2 is 2.15 bits per heavy atom. The third-order valence-corrected chi connectivity index (χ3v) is 6.85. The van der Waals surface area contributed by atoms with Crippen LogP contribution in [-0.4, -0.2) is 66.3 Å². The standard InChI is InChI=1S/C16H19N6O9PS/c1-7-12(15(26)22(7)32(28,29)30-2)19-14(25)13(9-6-33-16(17)18-9)20-31-5-8-3-10(23)11(24)4-21(8)27/h3-4,6-7,12,24,27H,5H2,1-2H3,(H2,17,18)(H,19,25)(H,28,29)/b20-13-/t7-,12-/m0/s1. The quantitative estimate of drug-likeness (QED) is 0.0990. The maximum Gasteiger partial charge on any atom is 0.435 e. The third-order valence-electron chi connectivity index (χ3n) is 4.59. The number of hydrogen-bond acceptors (Lipinski definition) is 12. The zero-order valence-electron chi connectivity index (χ0n) is 17.1. The van der Waals surface area contributed by atoms with Crippen LogP contribution >= 0.6 is 19.1 Å².